The molecule has 0 unspecified atom stereocenters. The standard InChI is InChI=1S/C9H9NO3/c1-6-2-7(4-9(12)13)3-8(5-11)10-6/h2-3,5H,4H2,1H3,(H,12,13). The van der Waals surface area contributed by atoms with Crippen molar-refractivity contribution in [2.24, 2.45) is 0 Å². The van der Waals surface area contributed by atoms with Gasteiger partial charge in [-0.1, -0.05) is 0 Å². The predicted molar refractivity (Wildman–Crippen MR) is 45.7 cm³/mol. The van der Waals surface area contributed by atoms with Crippen LogP contribution in [0.1, 0.15) is 21.7 Å². The zero-order valence-electron chi connectivity index (χ0n) is 7.15. The van der Waals surface area contributed by atoms with E-state index in [0.29, 0.717) is 17.5 Å². The summed E-state index contributed by atoms with van der Waals surface area (Å²) in [4.78, 5) is 24.7. The second kappa shape index (κ2) is 3.80. The van der Waals surface area contributed by atoms with Gasteiger partial charge >= 0.3 is 5.97 Å². The molecule has 0 radical (unpaired) electrons. The third-order valence-electron chi connectivity index (χ3n) is 1.51. The van der Waals surface area contributed by atoms with E-state index in [2.05, 4.69) is 4.98 Å². The van der Waals surface area contributed by atoms with E-state index in [1.54, 1.807) is 13.0 Å². The maximum Gasteiger partial charge on any atom is 0.307 e. The molecule has 1 aromatic heterocycles. The van der Waals surface area contributed by atoms with E-state index in [1.807, 2.05) is 0 Å². The van der Waals surface area contributed by atoms with E-state index in [9.17, 15) is 9.59 Å². The summed E-state index contributed by atoms with van der Waals surface area (Å²) in [6, 6.07) is 3.13. The molecule has 0 aliphatic heterocycles. The number of carboxylic acids is 1. The molecule has 0 atom stereocenters. The van der Waals surface area contributed by atoms with Gasteiger partial charge in [-0.2, -0.15) is 0 Å². The average molecular weight is 179 g/mol. The normalized spacial score (nSPS) is 9.62. The van der Waals surface area contributed by atoms with Gasteiger partial charge in [0.05, 0.1) is 6.42 Å². The summed E-state index contributed by atoms with van der Waals surface area (Å²) in [7, 11) is 0. The first kappa shape index (κ1) is 9.38. The first-order valence-electron chi connectivity index (χ1n) is 3.76. The summed E-state index contributed by atoms with van der Waals surface area (Å²) in [5, 5.41) is 8.51. The Labute approximate surface area is 75.2 Å². The Bertz CT molecular complexity index is 347. The van der Waals surface area contributed by atoms with E-state index in [4.69, 9.17) is 5.11 Å². The van der Waals surface area contributed by atoms with Crippen LogP contribution in [0, 0.1) is 6.92 Å². The molecule has 0 aliphatic rings. The topological polar surface area (TPSA) is 67.3 Å². The number of rotatable bonds is 3. The molecule has 4 nitrogen and oxygen atoms in total. The monoisotopic (exact) mass is 179 g/mol. The summed E-state index contributed by atoms with van der Waals surface area (Å²) >= 11 is 0. The molecule has 0 saturated carbocycles. The van der Waals surface area contributed by atoms with Crippen molar-refractivity contribution in [1.82, 2.24) is 4.98 Å². The summed E-state index contributed by atoms with van der Waals surface area (Å²) < 4.78 is 0. The van der Waals surface area contributed by atoms with Crippen LogP contribution in [-0.4, -0.2) is 22.3 Å². The number of aryl methyl sites for hydroxylation is 1. The zero-order chi connectivity index (χ0) is 9.84. The van der Waals surface area contributed by atoms with Crippen molar-refractivity contribution in [2.75, 3.05) is 0 Å². The Morgan fingerprint density at radius 3 is 2.85 bits per heavy atom. The number of aldehydes is 1. The van der Waals surface area contributed by atoms with Gasteiger partial charge in [0, 0.05) is 5.69 Å². The molecule has 1 aromatic rings. The number of aromatic nitrogens is 1. The summed E-state index contributed by atoms with van der Waals surface area (Å²) in [5.41, 5.74) is 1.53. The first-order chi connectivity index (χ1) is 6.11. The highest BCUT2D eigenvalue weighted by molar-refractivity contribution is 5.74. The van der Waals surface area contributed by atoms with Gasteiger partial charge in [-0.05, 0) is 24.6 Å². The summed E-state index contributed by atoms with van der Waals surface area (Å²) in [6.45, 7) is 1.72. The van der Waals surface area contributed by atoms with Crippen LogP contribution in [0.4, 0.5) is 0 Å². The van der Waals surface area contributed by atoms with Gasteiger partial charge < -0.3 is 5.11 Å². The Morgan fingerprint density at radius 1 is 1.62 bits per heavy atom. The van der Waals surface area contributed by atoms with E-state index in [0.717, 1.165) is 0 Å². The van der Waals surface area contributed by atoms with Crippen molar-refractivity contribution < 1.29 is 14.7 Å². The van der Waals surface area contributed by atoms with E-state index < -0.39 is 5.97 Å². The van der Waals surface area contributed by atoms with Crippen molar-refractivity contribution in [2.45, 2.75) is 13.3 Å². The lowest BCUT2D eigenvalue weighted by Crippen LogP contribution is -2.02. The largest absolute Gasteiger partial charge is 0.481 e. The molecule has 68 valence electrons. The van der Waals surface area contributed by atoms with Crippen molar-refractivity contribution in [3.05, 3.63) is 29.1 Å². The molecular weight excluding hydrogens is 170 g/mol. The molecule has 13 heavy (non-hydrogen) atoms. The lowest BCUT2D eigenvalue weighted by molar-refractivity contribution is -0.136. The van der Waals surface area contributed by atoms with E-state index in [1.165, 1.54) is 6.07 Å². The van der Waals surface area contributed by atoms with Crippen LogP contribution < -0.4 is 0 Å². The second-order valence-electron chi connectivity index (χ2n) is 2.73. The minimum Gasteiger partial charge on any atom is -0.481 e. The lowest BCUT2D eigenvalue weighted by Gasteiger charge is -1.99. The third-order valence-corrected chi connectivity index (χ3v) is 1.51. The van der Waals surface area contributed by atoms with Gasteiger partial charge in [-0.25, -0.2) is 0 Å². The van der Waals surface area contributed by atoms with Gasteiger partial charge in [0.2, 0.25) is 0 Å². The highest BCUT2D eigenvalue weighted by Gasteiger charge is 2.03. The number of aliphatic carboxylic acids is 1. The molecule has 0 aromatic carbocycles. The van der Waals surface area contributed by atoms with Crippen molar-refractivity contribution in [1.29, 1.82) is 0 Å². The van der Waals surface area contributed by atoms with Crippen LogP contribution in [0.2, 0.25) is 0 Å². The van der Waals surface area contributed by atoms with Crippen molar-refractivity contribution >= 4 is 12.3 Å². The number of nitrogens with zero attached hydrogens (tertiary/aromatic N) is 1. The van der Waals surface area contributed by atoms with Crippen LogP contribution in [0.3, 0.4) is 0 Å². The van der Waals surface area contributed by atoms with Crippen molar-refractivity contribution in [3.8, 4) is 0 Å². The molecule has 0 spiro atoms. The number of carboxylic acid groups (broad SMARTS) is 1. The van der Waals surface area contributed by atoms with Gasteiger partial charge in [0.1, 0.15) is 5.69 Å². The van der Waals surface area contributed by atoms with Gasteiger partial charge in [0.25, 0.3) is 0 Å². The molecule has 0 saturated heterocycles. The predicted octanol–water partition coefficient (Wildman–Crippen LogP) is 0.830. The smallest absolute Gasteiger partial charge is 0.307 e. The molecule has 0 fully saturated rings. The van der Waals surface area contributed by atoms with Crippen LogP contribution in [0.25, 0.3) is 0 Å². The van der Waals surface area contributed by atoms with Crippen LogP contribution in [0.15, 0.2) is 12.1 Å². The highest BCUT2D eigenvalue weighted by Crippen LogP contribution is 2.04. The molecule has 4 heteroatoms. The highest BCUT2D eigenvalue weighted by atomic mass is 16.4. The van der Waals surface area contributed by atoms with Crippen LogP contribution in [-0.2, 0) is 11.2 Å². The number of pyridine rings is 1. The number of carbonyl (C=O) groups excluding carboxylic acids is 1. The Kier molecular flexibility index (Phi) is 2.74. The second-order valence-corrected chi connectivity index (χ2v) is 2.73. The molecule has 0 bridgehead atoms. The fourth-order valence-electron chi connectivity index (χ4n) is 1.11. The third kappa shape index (κ3) is 2.66. The molecular formula is C9H9NO3. The maximum atomic E-state index is 10.4. The number of carbonyl (C=O) groups is 2. The van der Waals surface area contributed by atoms with E-state index in [-0.39, 0.29) is 12.1 Å². The SMILES string of the molecule is Cc1cc(CC(=O)O)cc(C=O)n1. The van der Waals surface area contributed by atoms with E-state index >= 15 is 0 Å². The average Bonchev–Trinajstić information content (AvgIpc) is 2.01. The lowest BCUT2D eigenvalue weighted by atomic mass is 10.1. The molecule has 1 heterocycles. The summed E-state index contributed by atoms with van der Waals surface area (Å²) in [5.74, 6) is -0.914. The Hall–Kier alpha value is -1.71. The first-order valence-corrected chi connectivity index (χ1v) is 3.76. The molecule has 1 N–H and O–H groups in total. The van der Waals surface area contributed by atoms with Gasteiger partial charge in [-0.15, -0.1) is 0 Å². The summed E-state index contributed by atoms with van der Waals surface area (Å²) in [6.07, 6.45) is 0.530. The number of hydrogen-bond acceptors (Lipinski definition) is 3. The zero-order valence-corrected chi connectivity index (χ0v) is 7.15. The number of hydrogen-bond donors (Lipinski definition) is 1. The van der Waals surface area contributed by atoms with Crippen LogP contribution >= 0.6 is 0 Å². The Balaban J connectivity index is 3.01. The minimum atomic E-state index is -0.914. The fraction of sp³-hybridized carbons (Fsp3) is 0.222. The van der Waals surface area contributed by atoms with Gasteiger partial charge in [-0.3, -0.25) is 14.6 Å². The Morgan fingerprint density at radius 2 is 2.31 bits per heavy atom. The maximum absolute atomic E-state index is 10.4. The quantitative estimate of drug-likeness (QED) is 0.698. The fourth-order valence-corrected chi connectivity index (χ4v) is 1.11. The molecule has 1 rings (SSSR count). The van der Waals surface area contributed by atoms with Gasteiger partial charge in [0.15, 0.2) is 6.29 Å². The van der Waals surface area contributed by atoms with Crippen molar-refractivity contribution in [3.63, 3.8) is 0 Å². The molecule has 0 amide bonds. The minimum absolute atomic E-state index is 0.0792. The molecule has 0 aliphatic carbocycles. The van der Waals surface area contributed by atoms with Crippen LogP contribution in [0.5, 0.6) is 0 Å².